The SMILES string of the molecule is C1=C(c2ccccc2)NC(c2ccc(-c3ccc4ccc5ccc6c(c5c4c3)NC(c3ccccc3)O6)cc2)NC1c1ccccc1. The highest BCUT2D eigenvalue weighted by Gasteiger charge is 2.26. The number of rotatable bonds is 5. The second-order valence-corrected chi connectivity index (χ2v) is 12.3. The van der Waals surface area contributed by atoms with Crippen LogP contribution in [-0.4, -0.2) is 0 Å². The van der Waals surface area contributed by atoms with Crippen LogP contribution >= 0.6 is 0 Å². The van der Waals surface area contributed by atoms with Gasteiger partial charge in [-0.15, -0.1) is 0 Å². The van der Waals surface area contributed by atoms with Crippen molar-refractivity contribution in [2.45, 2.75) is 18.4 Å². The van der Waals surface area contributed by atoms with E-state index in [1.54, 1.807) is 0 Å². The number of nitrogens with one attached hydrogen (secondary N) is 3. The van der Waals surface area contributed by atoms with Crippen molar-refractivity contribution in [3.63, 3.8) is 0 Å². The van der Waals surface area contributed by atoms with Gasteiger partial charge in [-0.3, -0.25) is 5.32 Å². The van der Waals surface area contributed by atoms with E-state index in [0.717, 1.165) is 22.7 Å². The standard InChI is InChI=1S/C43H33N3O/c1-4-10-30(11-5-1)37-27-38(31-12-6-2-7-13-31)45-42(44-37)33-21-16-28(17-22-33)35-23-19-29-18-20-32-24-25-39-41(40(32)36(29)26-35)46-43(47-39)34-14-8-3-9-15-34/h1-27,37,42-46H. The molecule has 0 aliphatic carbocycles. The summed E-state index contributed by atoms with van der Waals surface area (Å²) in [6.45, 7) is 0. The van der Waals surface area contributed by atoms with Crippen molar-refractivity contribution < 1.29 is 4.74 Å². The summed E-state index contributed by atoms with van der Waals surface area (Å²) in [6.07, 6.45) is 2.04. The molecule has 3 unspecified atom stereocenters. The Balaban J connectivity index is 1.05. The zero-order valence-corrected chi connectivity index (χ0v) is 25.7. The van der Waals surface area contributed by atoms with Crippen LogP contribution in [0.15, 0.2) is 164 Å². The van der Waals surface area contributed by atoms with E-state index >= 15 is 0 Å². The van der Waals surface area contributed by atoms with Crippen molar-refractivity contribution in [2.24, 2.45) is 0 Å². The summed E-state index contributed by atoms with van der Waals surface area (Å²) in [7, 11) is 0. The second kappa shape index (κ2) is 11.5. The van der Waals surface area contributed by atoms with Crippen molar-refractivity contribution in [3.8, 4) is 16.9 Å². The Labute approximate surface area is 274 Å². The van der Waals surface area contributed by atoms with Gasteiger partial charge < -0.3 is 15.4 Å². The lowest BCUT2D eigenvalue weighted by Crippen LogP contribution is -2.39. The van der Waals surface area contributed by atoms with Gasteiger partial charge in [0, 0.05) is 16.6 Å². The fraction of sp³-hybridized carbons (Fsp3) is 0.0698. The van der Waals surface area contributed by atoms with Crippen molar-refractivity contribution in [3.05, 3.63) is 186 Å². The molecule has 7 aromatic carbocycles. The Hall–Kier alpha value is -5.84. The molecule has 0 bridgehead atoms. The lowest BCUT2D eigenvalue weighted by molar-refractivity contribution is 0.260. The number of fused-ring (bicyclic) bond motifs is 5. The average molecular weight is 608 g/mol. The van der Waals surface area contributed by atoms with E-state index in [4.69, 9.17) is 4.74 Å². The molecular weight excluding hydrogens is 574 g/mol. The summed E-state index contributed by atoms with van der Waals surface area (Å²) in [5, 5.41) is 16.1. The predicted octanol–water partition coefficient (Wildman–Crippen LogP) is 10.1. The maximum absolute atomic E-state index is 6.38. The first kappa shape index (κ1) is 27.5. The molecule has 2 aliphatic heterocycles. The molecule has 0 saturated carbocycles. The van der Waals surface area contributed by atoms with Gasteiger partial charge in [0.1, 0.15) is 11.9 Å². The second-order valence-electron chi connectivity index (χ2n) is 12.3. The van der Waals surface area contributed by atoms with Crippen LogP contribution in [0.25, 0.3) is 38.4 Å². The van der Waals surface area contributed by atoms with Crippen LogP contribution in [0.4, 0.5) is 5.69 Å². The fourth-order valence-electron chi connectivity index (χ4n) is 6.95. The average Bonchev–Trinajstić information content (AvgIpc) is 3.60. The maximum atomic E-state index is 6.38. The maximum Gasteiger partial charge on any atom is 0.196 e. The summed E-state index contributed by atoms with van der Waals surface area (Å²) in [5.41, 5.74) is 9.28. The van der Waals surface area contributed by atoms with Gasteiger partial charge in [-0.2, -0.15) is 0 Å². The number of hydrogen-bond donors (Lipinski definition) is 3. The monoisotopic (exact) mass is 607 g/mol. The summed E-state index contributed by atoms with van der Waals surface area (Å²) < 4.78 is 6.38. The van der Waals surface area contributed by atoms with E-state index in [1.165, 1.54) is 49.4 Å². The van der Waals surface area contributed by atoms with Crippen molar-refractivity contribution in [2.75, 3.05) is 5.32 Å². The Kier molecular flexibility index (Phi) is 6.72. The fourth-order valence-corrected chi connectivity index (χ4v) is 6.95. The largest absolute Gasteiger partial charge is 0.464 e. The molecule has 47 heavy (non-hydrogen) atoms. The van der Waals surface area contributed by atoms with Crippen LogP contribution in [-0.2, 0) is 0 Å². The molecule has 9 rings (SSSR count). The molecular formula is C43H33N3O. The van der Waals surface area contributed by atoms with Gasteiger partial charge in [0.2, 0.25) is 0 Å². The number of ether oxygens (including phenoxy) is 1. The third-order valence-electron chi connectivity index (χ3n) is 9.39. The Morgan fingerprint density at radius 2 is 1.13 bits per heavy atom. The van der Waals surface area contributed by atoms with Gasteiger partial charge in [-0.25, -0.2) is 0 Å². The van der Waals surface area contributed by atoms with Gasteiger partial charge in [0.25, 0.3) is 0 Å². The number of benzene rings is 7. The van der Waals surface area contributed by atoms with Gasteiger partial charge >= 0.3 is 0 Å². The third kappa shape index (κ3) is 5.09. The van der Waals surface area contributed by atoms with Crippen LogP contribution < -0.4 is 20.7 Å². The van der Waals surface area contributed by atoms with E-state index in [-0.39, 0.29) is 18.4 Å². The number of hydrogen-bond acceptors (Lipinski definition) is 4. The first-order valence-electron chi connectivity index (χ1n) is 16.2. The van der Waals surface area contributed by atoms with E-state index in [1.807, 2.05) is 6.07 Å². The molecule has 4 heteroatoms. The Morgan fingerprint density at radius 1 is 0.489 bits per heavy atom. The molecule has 0 saturated heterocycles. The predicted molar refractivity (Wildman–Crippen MR) is 193 cm³/mol. The highest BCUT2D eigenvalue weighted by atomic mass is 16.5. The molecule has 2 aliphatic rings. The van der Waals surface area contributed by atoms with Gasteiger partial charge in [0.15, 0.2) is 6.23 Å². The minimum atomic E-state index is -0.205. The Bertz CT molecular complexity index is 2250. The zero-order chi connectivity index (χ0) is 31.2. The molecule has 7 aromatic rings. The van der Waals surface area contributed by atoms with Crippen molar-refractivity contribution in [1.82, 2.24) is 10.6 Å². The molecule has 2 heterocycles. The molecule has 226 valence electrons. The molecule has 0 aromatic heterocycles. The summed E-state index contributed by atoms with van der Waals surface area (Å²) in [4.78, 5) is 0. The molecule has 3 N–H and O–H groups in total. The highest BCUT2D eigenvalue weighted by Crippen LogP contribution is 2.45. The van der Waals surface area contributed by atoms with E-state index in [2.05, 4.69) is 174 Å². The van der Waals surface area contributed by atoms with E-state index < -0.39 is 0 Å². The van der Waals surface area contributed by atoms with Crippen LogP contribution in [0.2, 0.25) is 0 Å². The van der Waals surface area contributed by atoms with Crippen LogP contribution in [0.1, 0.15) is 40.7 Å². The van der Waals surface area contributed by atoms with Gasteiger partial charge in [-0.05, 0) is 62.2 Å². The number of anilines is 1. The minimum absolute atomic E-state index is 0.0405. The first-order chi connectivity index (χ1) is 23.3. The lowest BCUT2D eigenvalue weighted by Gasteiger charge is -2.33. The molecule has 0 fully saturated rings. The molecule has 0 amide bonds. The molecule has 0 radical (unpaired) electrons. The molecule has 0 spiro atoms. The topological polar surface area (TPSA) is 45.3 Å². The first-order valence-corrected chi connectivity index (χ1v) is 16.2. The summed E-state index contributed by atoms with van der Waals surface area (Å²) in [6, 6.07) is 56.0. The third-order valence-corrected chi connectivity index (χ3v) is 9.39. The summed E-state index contributed by atoms with van der Waals surface area (Å²) >= 11 is 0. The van der Waals surface area contributed by atoms with Crippen LogP contribution in [0, 0.1) is 0 Å². The van der Waals surface area contributed by atoms with Crippen molar-refractivity contribution in [1.29, 1.82) is 0 Å². The quantitative estimate of drug-likeness (QED) is 0.170. The molecule has 3 atom stereocenters. The van der Waals surface area contributed by atoms with Gasteiger partial charge in [-0.1, -0.05) is 146 Å². The molecule has 4 nitrogen and oxygen atoms in total. The van der Waals surface area contributed by atoms with E-state index in [0.29, 0.717) is 0 Å². The zero-order valence-electron chi connectivity index (χ0n) is 25.7. The lowest BCUT2D eigenvalue weighted by atomic mass is 9.95. The highest BCUT2D eigenvalue weighted by molar-refractivity contribution is 6.16. The van der Waals surface area contributed by atoms with Crippen molar-refractivity contribution >= 4 is 32.9 Å². The summed E-state index contributed by atoms with van der Waals surface area (Å²) in [5.74, 6) is 0.888. The van der Waals surface area contributed by atoms with Crippen LogP contribution in [0.5, 0.6) is 5.75 Å². The van der Waals surface area contributed by atoms with E-state index in [9.17, 15) is 0 Å². The van der Waals surface area contributed by atoms with Crippen LogP contribution in [0.3, 0.4) is 0 Å². The Morgan fingerprint density at radius 3 is 1.89 bits per heavy atom. The normalized spacial score (nSPS) is 18.6. The smallest absolute Gasteiger partial charge is 0.196 e. The van der Waals surface area contributed by atoms with Gasteiger partial charge in [0.05, 0.1) is 11.7 Å². The minimum Gasteiger partial charge on any atom is -0.464 e.